The molecule has 0 aromatic carbocycles. The van der Waals surface area contributed by atoms with E-state index < -0.39 is 0 Å². The fraction of sp³-hybridized carbons (Fsp3) is 0.562. The third-order valence-electron chi connectivity index (χ3n) is 4.42. The van der Waals surface area contributed by atoms with Gasteiger partial charge in [-0.25, -0.2) is 9.78 Å². The number of rotatable bonds is 3. The number of aromatic nitrogens is 2. The molecule has 2 aliphatic heterocycles. The van der Waals surface area contributed by atoms with Crippen molar-refractivity contribution in [2.24, 2.45) is 5.92 Å². The van der Waals surface area contributed by atoms with Crippen LogP contribution in [0.1, 0.15) is 17.4 Å². The Labute approximate surface area is 145 Å². The number of hydrogen-bond donors (Lipinski definition) is 0. The molecule has 2 saturated heterocycles. The van der Waals surface area contributed by atoms with Crippen LogP contribution in [0.15, 0.2) is 18.6 Å². The Bertz CT molecular complexity index is 639. The number of amides is 3. The summed E-state index contributed by atoms with van der Waals surface area (Å²) in [5.74, 6) is -0.356. The molecule has 0 atom stereocenters. The van der Waals surface area contributed by atoms with E-state index in [9.17, 15) is 14.4 Å². The Hall–Kier alpha value is -2.71. The summed E-state index contributed by atoms with van der Waals surface area (Å²) in [5, 5.41) is 0. The fourth-order valence-electron chi connectivity index (χ4n) is 2.95. The number of hydrogen-bond acceptors (Lipinski definition) is 6. The summed E-state index contributed by atoms with van der Waals surface area (Å²) >= 11 is 0. The molecule has 1 aromatic heterocycles. The minimum Gasteiger partial charge on any atom is -0.450 e. The van der Waals surface area contributed by atoms with E-state index in [4.69, 9.17) is 4.74 Å². The van der Waals surface area contributed by atoms with Gasteiger partial charge in [0.1, 0.15) is 5.69 Å². The number of piperazine rings is 1. The number of likely N-dealkylation sites (tertiary alicyclic amines) is 1. The first-order chi connectivity index (χ1) is 12.1. The number of ether oxygens (including phenoxy) is 1. The molecule has 0 spiro atoms. The van der Waals surface area contributed by atoms with Crippen molar-refractivity contribution in [3.8, 4) is 0 Å². The third kappa shape index (κ3) is 3.70. The Morgan fingerprint density at radius 1 is 1.08 bits per heavy atom. The molecule has 0 radical (unpaired) electrons. The maximum absolute atomic E-state index is 12.5. The van der Waals surface area contributed by atoms with Crippen molar-refractivity contribution in [3.05, 3.63) is 24.3 Å². The normalized spacial score (nSPS) is 17.9. The quantitative estimate of drug-likeness (QED) is 0.754. The minimum absolute atomic E-state index is 0.0340. The van der Waals surface area contributed by atoms with E-state index >= 15 is 0 Å². The van der Waals surface area contributed by atoms with Crippen LogP contribution in [-0.4, -0.2) is 88.5 Å². The van der Waals surface area contributed by atoms with Crippen LogP contribution in [0.25, 0.3) is 0 Å². The van der Waals surface area contributed by atoms with Gasteiger partial charge in [-0.15, -0.1) is 0 Å². The lowest BCUT2D eigenvalue weighted by Crippen LogP contribution is -2.59. The van der Waals surface area contributed by atoms with Crippen molar-refractivity contribution in [1.82, 2.24) is 24.7 Å². The Morgan fingerprint density at radius 2 is 1.76 bits per heavy atom. The number of carbonyl (C=O) groups is 3. The van der Waals surface area contributed by atoms with Gasteiger partial charge in [-0.05, 0) is 6.92 Å². The van der Waals surface area contributed by atoms with Gasteiger partial charge in [0.25, 0.3) is 5.91 Å². The van der Waals surface area contributed by atoms with Gasteiger partial charge in [0.2, 0.25) is 5.91 Å². The van der Waals surface area contributed by atoms with Crippen LogP contribution < -0.4 is 0 Å². The molecule has 9 heteroatoms. The van der Waals surface area contributed by atoms with Gasteiger partial charge < -0.3 is 19.4 Å². The van der Waals surface area contributed by atoms with Crippen LogP contribution >= 0.6 is 0 Å². The first-order valence-electron chi connectivity index (χ1n) is 8.36. The van der Waals surface area contributed by atoms with Gasteiger partial charge in [-0.1, -0.05) is 0 Å². The molecule has 0 saturated carbocycles. The highest BCUT2D eigenvalue weighted by atomic mass is 16.6. The van der Waals surface area contributed by atoms with E-state index in [2.05, 4.69) is 9.97 Å². The monoisotopic (exact) mass is 347 g/mol. The average molecular weight is 347 g/mol. The van der Waals surface area contributed by atoms with Crippen molar-refractivity contribution in [2.45, 2.75) is 6.92 Å². The SMILES string of the molecule is CCOC(=O)N1CCN(C(=O)C2CN(C(=O)c3cnccn3)C2)CC1. The Kier molecular flexibility index (Phi) is 5.11. The molecule has 9 nitrogen and oxygen atoms in total. The highest BCUT2D eigenvalue weighted by Crippen LogP contribution is 2.21. The smallest absolute Gasteiger partial charge is 0.409 e. The highest BCUT2D eigenvalue weighted by molar-refractivity contribution is 5.94. The summed E-state index contributed by atoms with van der Waals surface area (Å²) in [7, 11) is 0. The summed E-state index contributed by atoms with van der Waals surface area (Å²) in [5.41, 5.74) is 0.288. The zero-order valence-electron chi connectivity index (χ0n) is 14.1. The first kappa shape index (κ1) is 17.1. The molecular formula is C16H21N5O4. The van der Waals surface area contributed by atoms with E-state index in [1.54, 1.807) is 21.6 Å². The van der Waals surface area contributed by atoms with Crippen LogP contribution in [-0.2, 0) is 9.53 Å². The zero-order valence-corrected chi connectivity index (χ0v) is 14.1. The summed E-state index contributed by atoms with van der Waals surface area (Å²) < 4.78 is 4.97. The van der Waals surface area contributed by atoms with Crippen molar-refractivity contribution in [1.29, 1.82) is 0 Å². The summed E-state index contributed by atoms with van der Waals surface area (Å²) in [6, 6.07) is 0. The maximum Gasteiger partial charge on any atom is 0.409 e. The van der Waals surface area contributed by atoms with Crippen LogP contribution in [0.3, 0.4) is 0 Å². The van der Waals surface area contributed by atoms with Gasteiger partial charge in [0.05, 0.1) is 18.7 Å². The maximum atomic E-state index is 12.5. The van der Waals surface area contributed by atoms with Gasteiger partial charge in [-0.3, -0.25) is 14.6 Å². The standard InChI is InChI=1S/C16H21N5O4/c1-2-25-16(24)20-7-5-19(6-8-20)14(22)12-10-21(11-12)15(23)13-9-17-3-4-18-13/h3-4,9,12H,2,5-8,10-11H2,1H3. The van der Waals surface area contributed by atoms with Crippen molar-refractivity contribution in [2.75, 3.05) is 45.9 Å². The van der Waals surface area contributed by atoms with E-state index in [-0.39, 0.29) is 29.5 Å². The lowest BCUT2D eigenvalue weighted by molar-refractivity contribution is -0.141. The van der Waals surface area contributed by atoms with Crippen LogP contribution in [0.4, 0.5) is 4.79 Å². The lowest BCUT2D eigenvalue weighted by atomic mass is 9.97. The number of nitrogens with zero attached hydrogens (tertiary/aromatic N) is 5. The highest BCUT2D eigenvalue weighted by Gasteiger charge is 2.39. The predicted octanol–water partition coefficient (Wildman–Crippen LogP) is -0.151. The summed E-state index contributed by atoms with van der Waals surface area (Å²) in [4.78, 5) is 49.2. The van der Waals surface area contributed by atoms with Gasteiger partial charge >= 0.3 is 6.09 Å². The second-order valence-electron chi connectivity index (χ2n) is 6.01. The van der Waals surface area contributed by atoms with Crippen molar-refractivity contribution in [3.63, 3.8) is 0 Å². The molecule has 3 rings (SSSR count). The van der Waals surface area contributed by atoms with Crippen LogP contribution in [0, 0.1) is 5.92 Å². The molecule has 2 fully saturated rings. The largest absolute Gasteiger partial charge is 0.450 e. The summed E-state index contributed by atoms with van der Waals surface area (Å²) in [6.45, 7) is 4.83. The van der Waals surface area contributed by atoms with E-state index in [0.29, 0.717) is 45.9 Å². The molecule has 25 heavy (non-hydrogen) atoms. The number of carbonyl (C=O) groups excluding carboxylic acids is 3. The van der Waals surface area contributed by atoms with Gasteiger partial charge in [0, 0.05) is 51.7 Å². The van der Waals surface area contributed by atoms with E-state index in [0.717, 1.165) is 0 Å². The van der Waals surface area contributed by atoms with Gasteiger partial charge in [0.15, 0.2) is 0 Å². The topological polar surface area (TPSA) is 95.9 Å². The minimum atomic E-state index is -0.334. The molecule has 2 aliphatic rings. The average Bonchev–Trinajstić information content (AvgIpc) is 2.61. The molecular weight excluding hydrogens is 326 g/mol. The van der Waals surface area contributed by atoms with E-state index in [1.165, 1.54) is 18.6 Å². The van der Waals surface area contributed by atoms with Crippen molar-refractivity contribution >= 4 is 17.9 Å². The van der Waals surface area contributed by atoms with Gasteiger partial charge in [-0.2, -0.15) is 0 Å². The Morgan fingerprint density at radius 3 is 2.36 bits per heavy atom. The third-order valence-corrected chi connectivity index (χ3v) is 4.42. The Balaban J connectivity index is 1.45. The molecule has 1 aromatic rings. The molecule has 0 N–H and O–H groups in total. The predicted molar refractivity (Wildman–Crippen MR) is 86.6 cm³/mol. The van der Waals surface area contributed by atoms with Crippen LogP contribution in [0.5, 0.6) is 0 Å². The van der Waals surface area contributed by atoms with E-state index in [1.807, 2.05) is 0 Å². The molecule has 0 bridgehead atoms. The molecule has 0 unspecified atom stereocenters. The lowest BCUT2D eigenvalue weighted by Gasteiger charge is -2.42. The molecule has 3 heterocycles. The second kappa shape index (κ2) is 7.45. The van der Waals surface area contributed by atoms with Crippen LogP contribution in [0.2, 0.25) is 0 Å². The van der Waals surface area contributed by atoms with Crippen molar-refractivity contribution < 1.29 is 19.1 Å². The fourth-order valence-corrected chi connectivity index (χ4v) is 2.95. The zero-order chi connectivity index (χ0) is 17.8. The molecule has 3 amide bonds. The molecule has 134 valence electrons. The first-order valence-corrected chi connectivity index (χ1v) is 8.36. The second-order valence-corrected chi connectivity index (χ2v) is 6.01. The summed E-state index contributed by atoms with van der Waals surface area (Å²) in [6.07, 6.45) is 4.07. The molecule has 0 aliphatic carbocycles.